The molecule has 0 atom stereocenters. The van der Waals surface area contributed by atoms with Crippen molar-refractivity contribution in [3.8, 4) is 11.5 Å². The van der Waals surface area contributed by atoms with E-state index in [1.807, 2.05) is 18.2 Å². The Hall–Kier alpha value is -1.75. The number of carboxylic acids is 1. The number of benzene rings is 1. The minimum Gasteiger partial charge on any atom is -0.497 e. The highest BCUT2D eigenvalue weighted by atomic mass is 16.5. The summed E-state index contributed by atoms with van der Waals surface area (Å²) in [4.78, 5) is 12.8. The van der Waals surface area contributed by atoms with Gasteiger partial charge in [0.1, 0.15) is 11.5 Å². The molecular weight excluding hydrogens is 234 g/mol. The molecule has 98 valence electrons. The fourth-order valence-electron chi connectivity index (χ4n) is 2.07. The second-order valence-electron chi connectivity index (χ2n) is 4.45. The van der Waals surface area contributed by atoms with E-state index in [-0.39, 0.29) is 5.92 Å². The van der Waals surface area contributed by atoms with Crippen molar-refractivity contribution in [3.63, 3.8) is 0 Å². The first-order valence-corrected chi connectivity index (χ1v) is 5.79. The summed E-state index contributed by atoms with van der Waals surface area (Å²) in [6, 6.07) is 5.70. The number of rotatable bonds is 5. The Balaban J connectivity index is 1.99. The highest BCUT2D eigenvalue weighted by Crippen LogP contribution is 2.25. The van der Waals surface area contributed by atoms with E-state index in [4.69, 9.17) is 14.6 Å². The third-order valence-electron chi connectivity index (χ3n) is 3.12. The molecule has 2 rings (SSSR count). The molecule has 0 aromatic heterocycles. The molecule has 1 aromatic carbocycles. The number of hydrogen-bond donors (Lipinski definition) is 1. The molecule has 1 aliphatic heterocycles. The third kappa shape index (κ3) is 2.73. The van der Waals surface area contributed by atoms with E-state index < -0.39 is 5.97 Å². The highest BCUT2D eigenvalue weighted by molar-refractivity contribution is 5.71. The Labute approximate surface area is 106 Å². The molecule has 0 spiro atoms. The zero-order valence-corrected chi connectivity index (χ0v) is 10.5. The molecule has 0 bridgehead atoms. The van der Waals surface area contributed by atoms with E-state index in [0.29, 0.717) is 13.1 Å². The quantitative estimate of drug-likeness (QED) is 0.852. The van der Waals surface area contributed by atoms with Gasteiger partial charge >= 0.3 is 5.97 Å². The lowest BCUT2D eigenvalue weighted by Gasteiger charge is -2.36. The normalized spacial score (nSPS) is 16.1. The summed E-state index contributed by atoms with van der Waals surface area (Å²) in [5.74, 6) is 0.561. The van der Waals surface area contributed by atoms with Gasteiger partial charge in [-0.2, -0.15) is 0 Å². The van der Waals surface area contributed by atoms with Crippen LogP contribution >= 0.6 is 0 Å². The predicted octanol–water partition coefficient (Wildman–Crippen LogP) is 1.22. The predicted molar refractivity (Wildman–Crippen MR) is 65.9 cm³/mol. The maximum absolute atomic E-state index is 10.7. The van der Waals surface area contributed by atoms with E-state index >= 15 is 0 Å². The number of methoxy groups -OCH3 is 2. The van der Waals surface area contributed by atoms with Crippen molar-refractivity contribution in [1.82, 2.24) is 4.90 Å². The molecule has 5 nitrogen and oxygen atoms in total. The van der Waals surface area contributed by atoms with Crippen LogP contribution in [0, 0.1) is 5.92 Å². The molecule has 0 aliphatic carbocycles. The Morgan fingerprint density at radius 1 is 1.28 bits per heavy atom. The van der Waals surface area contributed by atoms with Gasteiger partial charge in [-0.3, -0.25) is 9.69 Å². The lowest BCUT2D eigenvalue weighted by Crippen LogP contribution is -2.49. The van der Waals surface area contributed by atoms with Crippen LogP contribution in [0.1, 0.15) is 5.56 Å². The van der Waals surface area contributed by atoms with Crippen LogP contribution in [-0.4, -0.2) is 43.3 Å². The summed E-state index contributed by atoms with van der Waals surface area (Å²) < 4.78 is 10.4. The van der Waals surface area contributed by atoms with Crippen molar-refractivity contribution in [2.24, 2.45) is 5.92 Å². The van der Waals surface area contributed by atoms with Gasteiger partial charge in [0.05, 0.1) is 20.1 Å². The second-order valence-corrected chi connectivity index (χ2v) is 4.45. The fraction of sp³-hybridized carbons (Fsp3) is 0.462. The second kappa shape index (κ2) is 5.27. The summed E-state index contributed by atoms with van der Waals surface area (Å²) in [5, 5.41) is 8.81. The number of hydrogen-bond acceptors (Lipinski definition) is 4. The molecule has 1 aromatic rings. The molecule has 18 heavy (non-hydrogen) atoms. The van der Waals surface area contributed by atoms with Crippen molar-refractivity contribution in [1.29, 1.82) is 0 Å². The Kier molecular flexibility index (Phi) is 3.72. The topological polar surface area (TPSA) is 59.0 Å². The van der Waals surface area contributed by atoms with Gasteiger partial charge in [-0.15, -0.1) is 0 Å². The van der Waals surface area contributed by atoms with Crippen LogP contribution in [-0.2, 0) is 11.3 Å². The summed E-state index contributed by atoms with van der Waals surface area (Å²) in [7, 11) is 3.23. The molecule has 1 aliphatic rings. The Morgan fingerprint density at radius 2 is 1.83 bits per heavy atom. The zero-order chi connectivity index (χ0) is 13.1. The van der Waals surface area contributed by atoms with Crippen molar-refractivity contribution < 1.29 is 19.4 Å². The van der Waals surface area contributed by atoms with Gasteiger partial charge in [-0.05, 0) is 17.7 Å². The van der Waals surface area contributed by atoms with E-state index in [9.17, 15) is 4.79 Å². The van der Waals surface area contributed by atoms with Crippen LogP contribution in [0.5, 0.6) is 11.5 Å². The van der Waals surface area contributed by atoms with Crippen molar-refractivity contribution in [2.75, 3.05) is 27.3 Å². The number of carboxylic acid groups (broad SMARTS) is 1. The highest BCUT2D eigenvalue weighted by Gasteiger charge is 2.32. The standard InChI is InChI=1S/C13H17NO4/c1-17-11-3-9(4-12(5-11)18-2)6-14-7-10(8-14)13(15)16/h3-5,10H,6-8H2,1-2H3,(H,15,16). The van der Waals surface area contributed by atoms with Gasteiger partial charge in [0.25, 0.3) is 0 Å². The van der Waals surface area contributed by atoms with Crippen LogP contribution in [0.4, 0.5) is 0 Å². The van der Waals surface area contributed by atoms with E-state index in [1.165, 1.54) is 0 Å². The number of nitrogens with zero attached hydrogens (tertiary/aromatic N) is 1. The first kappa shape index (κ1) is 12.7. The fourth-order valence-corrected chi connectivity index (χ4v) is 2.07. The first-order valence-electron chi connectivity index (χ1n) is 5.79. The molecule has 0 radical (unpaired) electrons. The van der Waals surface area contributed by atoms with Crippen LogP contribution in [0.3, 0.4) is 0 Å². The molecule has 5 heteroatoms. The largest absolute Gasteiger partial charge is 0.497 e. The lowest BCUT2D eigenvalue weighted by molar-refractivity contribution is -0.147. The molecule has 0 amide bonds. The molecular formula is C13H17NO4. The number of aliphatic carboxylic acids is 1. The third-order valence-corrected chi connectivity index (χ3v) is 3.12. The minimum absolute atomic E-state index is 0.225. The van der Waals surface area contributed by atoms with Gasteiger partial charge in [-0.1, -0.05) is 0 Å². The molecule has 0 unspecified atom stereocenters. The summed E-state index contributed by atoms with van der Waals surface area (Å²) in [5.41, 5.74) is 1.06. The molecule has 0 saturated carbocycles. The number of likely N-dealkylation sites (tertiary alicyclic amines) is 1. The maximum atomic E-state index is 10.7. The van der Waals surface area contributed by atoms with E-state index in [1.54, 1.807) is 14.2 Å². The van der Waals surface area contributed by atoms with Crippen LogP contribution in [0.15, 0.2) is 18.2 Å². The maximum Gasteiger partial charge on any atom is 0.309 e. The zero-order valence-electron chi connectivity index (χ0n) is 10.5. The Morgan fingerprint density at radius 3 is 2.28 bits per heavy atom. The average molecular weight is 251 g/mol. The minimum atomic E-state index is -0.713. The van der Waals surface area contributed by atoms with Crippen LogP contribution in [0.2, 0.25) is 0 Å². The van der Waals surface area contributed by atoms with E-state index in [2.05, 4.69) is 4.90 Å². The first-order chi connectivity index (χ1) is 8.62. The van der Waals surface area contributed by atoms with Gasteiger partial charge in [0.15, 0.2) is 0 Å². The van der Waals surface area contributed by atoms with Gasteiger partial charge in [0.2, 0.25) is 0 Å². The monoisotopic (exact) mass is 251 g/mol. The molecule has 1 heterocycles. The number of carbonyl (C=O) groups is 1. The molecule has 1 saturated heterocycles. The number of ether oxygens (including phenoxy) is 2. The van der Waals surface area contributed by atoms with Crippen molar-refractivity contribution in [3.05, 3.63) is 23.8 Å². The molecule has 1 N–H and O–H groups in total. The smallest absolute Gasteiger partial charge is 0.309 e. The van der Waals surface area contributed by atoms with Crippen molar-refractivity contribution in [2.45, 2.75) is 6.54 Å². The van der Waals surface area contributed by atoms with Gasteiger partial charge < -0.3 is 14.6 Å². The average Bonchev–Trinajstić information content (AvgIpc) is 2.32. The van der Waals surface area contributed by atoms with Crippen LogP contribution < -0.4 is 9.47 Å². The SMILES string of the molecule is COc1cc(CN2CC(C(=O)O)C2)cc(OC)c1. The van der Waals surface area contributed by atoms with Gasteiger partial charge in [0, 0.05) is 25.7 Å². The van der Waals surface area contributed by atoms with Crippen molar-refractivity contribution >= 4 is 5.97 Å². The lowest BCUT2D eigenvalue weighted by atomic mass is 9.99. The summed E-state index contributed by atoms with van der Waals surface area (Å²) in [6.07, 6.45) is 0. The van der Waals surface area contributed by atoms with E-state index in [0.717, 1.165) is 23.6 Å². The molecule has 1 fully saturated rings. The summed E-state index contributed by atoms with van der Waals surface area (Å²) >= 11 is 0. The summed E-state index contributed by atoms with van der Waals surface area (Å²) in [6.45, 7) is 1.93. The Bertz CT molecular complexity index is 418. The van der Waals surface area contributed by atoms with Crippen LogP contribution in [0.25, 0.3) is 0 Å². The van der Waals surface area contributed by atoms with Gasteiger partial charge in [-0.25, -0.2) is 0 Å².